The number of nitrogens with two attached hydrogens (primary N) is 1. The fourth-order valence-corrected chi connectivity index (χ4v) is 2.48. The lowest BCUT2D eigenvalue weighted by Gasteiger charge is -2.14. The molecule has 0 aliphatic heterocycles. The van der Waals surface area contributed by atoms with E-state index in [9.17, 15) is 4.79 Å². The Labute approximate surface area is 79.3 Å². The van der Waals surface area contributed by atoms with Crippen LogP contribution in [0, 0.1) is 11.8 Å². The Kier molecular flexibility index (Phi) is 3.59. The van der Waals surface area contributed by atoms with E-state index in [0.717, 1.165) is 25.7 Å². The van der Waals surface area contributed by atoms with Crippen LogP contribution in [0.3, 0.4) is 0 Å². The Morgan fingerprint density at radius 3 is 2.75 bits per heavy atom. The molecule has 0 aromatic rings. The van der Waals surface area contributed by atoms with Gasteiger partial charge in [0, 0.05) is 12.0 Å². The molecule has 0 saturated heterocycles. The molecule has 0 spiro atoms. The first kappa shape index (κ1) is 10.1. The van der Waals surface area contributed by atoms with Crippen molar-refractivity contribution in [2.24, 2.45) is 17.6 Å². The zero-order chi connectivity index (χ0) is 9.14. The lowest BCUT2D eigenvalue weighted by molar-refractivity contribution is -0.115. The van der Waals surface area contributed by atoms with Gasteiger partial charge in [0.2, 0.25) is 0 Å². The van der Waals surface area contributed by atoms with Crippen LogP contribution in [0.1, 0.15) is 32.6 Å². The first-order chi connectivity index (χ1) is 5.65. The Hall–Kier alpha value is -0.0200. The van der Waals surface area contributed by atoms with E-state index in [4.69, 9.17) is 5.73 Å². The van der Waals surface area contributed by atoms with Gasteiger partial charge in [0.25, 0.3) is 0 Å². The fraction of sp³-hybridized carbons (Fsp3) is 0.889. The van der Waals surface area contributed by atoms with Crippen LogP contribution >= 0.6 is 12.6 Å². The van der Waals surface area contributed by atoms with Crippen LogP contribution in [-0.4, -0.2) is 11.2 Å². The molecule has 0 amide bonds. The molecule has 0 aromatic carbocycles. The van der Waals surface area contributed by atoms with Crippen LogP contribution in [0.5, 0.6) is 0 Å². The van der Waals surface area contributed by atoms with Crippen molar-refractivity contribution >= 4 is 17.7 Å². The third-order valence-corrected chi connectivity index (χ3v) is 3.04. The molecule has 1 aliphatic rings. The van der Waals surface area contributed by atoms with Crippen molar-refractivity contribution in [1.82, 2.24) is 0 Å². The van der Waals surface area contributed by atoms with Gasteiger partial charge >= 0.3 is 0 Å². The molecule has 2 nitrogen and oxygen atoms in total. The molecular formula is C9H17NOS. The molecule has 3 unspecified atom stereocenters. The van der Waals surface area contributed by atoms with Gasteiger partial charge in [-0.05, 0) is 25.2 Å². The van der Waals surface area contributed by atoms with E-state index >= 15 is 0 Å². The van der Waals surface area contributed by atoms with Gasteiger partial charge in [-0.2, -0.15) is 0 Å². The predicted octanol–water partition coefficient (Wildman–Crippen LogP) is 1.60. The topological polar surface area (TPSA) is 43.1 Å². The number of hydrogen-bond donors (Lipinski definition) is 2. The maximum absolute atomic E-state index is 11.1. The van der Waals surface area contributed by atoms with E-state index in [1.165, 1.54) is 0 Å². The Morgan fingerprint density at radius 1 is 1.58 bits per heavy atom. The monoisotopic (exact) mass is 187 g/mol. The molecule has 3 heteroatoms. The maximum atomic E-state index is 11.1. The van der Waals surface area contributed by atoms with Crippen molar-refractivity contribution in [2.45, 2.75) is 38.6 Å². The van der Waals surface area contributed by atoms with E-state index < -0.39 is 0 Å². The highest BCUT2D eigenvalue weighted by atomic mass is 32.1. The third-order valence-electron chi connectivity index (χ3n) is 2.71. The molecular weight excluding hydrogens is 170 g/mol. The highest BCUT2D eigenvalue weighted by Gasteiger charge is 2.34. The summed E-state index contributed by atoms with van der Waals surface area (Å²) in [6.07, 6.45) is 4.09. The van der Waals surface area contributed by atoms with Crippen molar-refractivity contribution in [3.05, 3.63) is 0 Å². The molecule has 0 radical (unpaired) electrons. The molecule has 0 aromatic heterocycles. The van der Waals surface area contributed by atoms with Gasteiger partial charge in [-0.25, -0.2) is 0 Å². The largest absolute Gasteiger partial charge is 0.328 e. The van der Waals surface area contributed by atoms with E-state index in [2.05, 4.69) is 19.6 Å². The van der Waals surface area contributed by atoms with Crippen LogP contribution in [0.15, 0.2) is 0 Å². The summed E-state index contributed by atoms with van der Waals surface area (Å²) in [7, 11) is 0. The van der Waals surface area contributed by atoms with Crippen molar-refractivity contribution in [1.29, 1.82) is 0 Å². The zero-order valence-corrected chi connectivity index (χ0v) is 8.39. The minimum atomic E-state index is 0.0291. The zero-order valence-electron chi connectivity index (χ0n) is 7.49. The van der Waals surface area contributed by atoms with Gasteiger partial charge in [-0.1, -0.05) is 13.3 Å². The van der Waals surface area contributed by atoms with E-state index in [1.54, 1.807) is 0 Å². The van der Waals surface area contributed by atoms with Gasteiger partial charge in [0.15, 0.2) is 5.12 Å². The maximum Gasteiger partial charge on any atom is 0.189 e. The second kappa shape index (κ2) is 4.28. The number of carbonyl (C=O) groups is 1. The first-order valence-corrected chi connectivity index (χ1v) is 5.08. The molecule has 12 heavy (non-hydrogen) atoms. The Bertz CT molecular complexity index is 172. The lowest BCUT2D eigenvalue weighted by Crippen LogP contribution is -2.16. The average molecular weight is 187 g/mol. The minimum absolute atomic E-state index is 0.0291. The molecule has 0 bridgehead atoms. The van der Waals surface area contributed by atoms with Crippen molar-refractivity contribution < 1.29 is 4.79 Å². The first-order valence-electron chi connectivity index (χ1n) is 4.63. The van der Waals surface area contributed by atoms with Crippen LogP contribution in [0.25, 0.3) is 0 Å². The summed E-state index contributed by atoms with van der Waals surface area (Å²) < 4.78 is 0. The highest BCUT2D eigenvalue weighted by molar-refractivity contribution is 7.96. The van der Waals surface area contributed by atoms with E-state index in [0.29, 0.717) is 5.92 Å². The van der Waals surface area contributed by atoms with Crippen molar-refractivity contribution in [3.63, 3.8) is 0 Å². The molecule has 1 rings (SSSR count). The molecule has 1 fully saturated rings. The normalized spacial score (nSPS) is 35.4. The fourth-order valence-electron chi connectivity index (χ4n) is 2.16. The average Bonchev–Trinajstić information content (AvgIpc) is 2.32. The summed E-state index contributed by atoms with van der Waals surface area (Å²) in [5.41, 5.74) is 5.80. The number of carbonyl (C=O) groups excluding carboxylic acids is 1. The van der Waals surface area contributed by atoms with Crippen molar-refractivity contribution in [2.75, 3.05) is 0 Å². The predicted molar refractivity (Wildman–Crippen MR) is 53.1 cm³/mol. The summed E-state index contributed by atoms with van der Waals surface area (Å²) in [5.74, 6) is 0.623. The Morgan fingerprint density at radius 2 is 2.25 bits per heavy atom. The Balaban J connectivity index is 2.53. The molecule has 1 aliphatic carbocycles. The summed E-state index contributed by atoms with van der Waals surface area (Å²) in [6, 6.07) is 0.225. The number of rotatable bonds is 3. The lowest BCUT2D eigenvalue weighted by atomic mass is 9.93. The van der Waals surface area contributed by atoms with Crippen LogP contribution in [0.4, 0.5) is 0 Å². The van der Waals surface area contributed by atoms with Gasteiger partial charge < -0.3 is 5.73 Å². The van der Waals surface area contributed by atoms with E-state index in [-0.39, 0.29) is 17.1 Å². The third kappa shape index (κ3) is 2.23. The molecule has 70 valence electrons. The number of thiol groups is 1. The van der Waals surface area contributed by atoms with Gasteiger partial charge in [-0.15, -0.1) is 12.6 Å². The summed E-state index contributed by atoms with van der Waals surface area (Å²) in [6.45, 7) is 2.14. The second-order valence-electron chi connectivity index (χ2n) is 3.72. The van der Waals surface area contributed by atoms with Crippen molar-refractivity contribution in [3.8, 4) is 0 Å². The second-order valence-corrected chi connectivity index (χ2v) is 4.17. The molecule has 2 N–H and O–H groups in total. The van der Waals surface area contributed by atoms with Gasteiger partial charge in [0.1, 0.15) is 0 Å². The standard InChI is InChI=1S/C9H17NOS/c1-2-3-6-4-7(10)5-8(6)9(11)12/h6-8H,2-5,10H2,1H3,(H,11,12). The minimum Gasteiger partial charge on any atom is -0.328 e. The number of hydrogen-bond acceptors (Lipinski definition) is 2. The molecule has 0 heterocycles. The molecule has 1 saturated carbocycles. The van der Waals surface area contributed by atoms with Crippen LogP contribution < -0.4 is 5.73 Å². The summed E-state index contributed by atoms with van der Waals surface area (Å²) >= 11 is 3.89. The SMILES string of the molecule is CCCC1CC(N)CC1C(=O)S. The van der Waals surface area contributed by atoms with Crippen LogP contribution in [-0.2, 0) is 4.79 Å². The van der Waals surface area contributed by atoms with E-state index in [1.807, 2.05) is 0 Å². The smallest absolute Gasteiger partial charge is 0.189 e. The highest BCUT2D eigenvalue weighted by Crippen LogP contribution is 2.35. The van der Waals surface area contributed by atoms with Crippen LogP contribution in [0.2, 0.25) is 0 Å². The summed E-state index contributed by atoms with van der Waals surface area (Å²) in [4.78, 5) is 11.1. The quantitative estimate of drug-likeness (QED) is 0.659. The summed E-state index contributed by atoms with van der Waals surface area (Å²) in [5, 5.41) is 0.0291. The molecule has 3 atom stereocenters. The van der Waals surface area contributed by atoms with Gasteiger partial charge in [-0.3, -0.25) is 4.79 Å². The van der Waals surface area contributed by atoms with Gasteiger partial charge in [0.05, 0.1) is 0 Å².